The van der Waals surface area contributed by atoms with Gasteiger partial charge in [-0.2, -0.15) is 0 Å². The van der Waals surface area contributed by atoms with Gasteiger partial charge in [0.25, 0.3) is 0 Å². The number of nitrogens with one attached hydrogen (secondary N) is 2. The van der Waals surface area contributed by atoms with Crippen molar-refractivity contribution in [3.8, 4) is 0 Å². The van der Waals surface area contributed by atoms with Crippen molar-refractivity contribution in [3.05, 3.63) is 46.3 Å². The van der Waals surface area contributed by atoms with Crippen molar-refractivity contribution in [2.45, 2.75) is 38.3 Å². The molecule has 1 atom stereocenters. The Hall–Kier alpha value is -3.71. The Morgan fingerprint density at radius 3 is 2.24 bits per heavy atom. The Balaban J connectivity index is 2.19. The number of rotatable bonds is 22. The Morgan fingerprint density at radius 2 is 1.58 bits per heavy atom. The molecule has 0 aliphatic heterocycles. The van der Waals surface area contributed by atoms with Crippen LogP contribution < -0.4 is 16.4 Å². The molecule has 0 aromatic heterocycles. The topological polar surface area (TPSA) is 204 Å². The molecule has 4 N–H and O–H groups in total. The van der Waals surface area contributed by atoms with E-state index in [1.807, 2.05) is 6.07 Å². The first-order valence-electron chi connectivity index (χ1n) is 12.2. The standard InChI is InChI=1S/C24H36N6O8/c25-22(32)8-6-20(29-24(34)38-18-19-4-2-1-3-5-19)21(31)7-9-23(33)27-10-12-35-14-16-37-17-15-36-13-11-28-30-26/h1-5,20H,6-18H2,(H2,25,32)(H,27,33)(H,29,34)/t20-/m0/s1. The lowest BCUT2D eigenvalue weighted by Gasteiger charge is -2.17. The van der Waals surface area contributed by atoms with Crippen molar-refractivity contribution in [3.63, 3.8) is 0 Å². The molecule has 0 spiro atoms. The summed E-state index contributed by atoms with van der Waals surface area (Å²) in [6.07, 6.45) is -1.12. The zero-order valence-corrected chi connectivity index (χ0v) is 21.3. The minimum Gasteiger partial charge on any atom is -0.445 e. The van der Waals surface area contributed by atoms with Gasteiger partial charge in [0.1, 0.15) is 6.61 Å². The van der Waals surface area contributed by atoms with E-state index in [-0.39, 0.29) is 57.9 Å². The van der Waals surface area contributed by atoms with E-state index in [0.29, 0.717) is 33.0 Å². The zero-order valence-electron chi connectivity index (χ0n) is 21.3. The van der Waals surface area contributed by atoms with Gasteiger partial charge in [0.05, 0.1) is 45.7 Å². The van der Waals surface area contributed by atoms with Crippen LogP contribution >= 0.6 is 0 Å². The maximum atomic E-state index is 12.6. The van der Waals surface area contributed by atoms with E-state index in [1.165, 1.54) is 0 Å². The predicted molar refractivity (Wildman–Crippen MR) is 136 cm³/mol. The quantitative estimate of drug-likeness (QED) is 0.0852. The van der Waals surface area contributed by atoms with Crippen LogP contribution in [0, 0.1) is 0 Å². The summed E-state index contributed by atoms with van der Waals surface area (Å²) >= 11 is 0. The number of nitrogens with zero attached hydrogens (tertiary/aromatic N) is 3. The molecule has 0 saturated heterocycles. The minimum atomic E-state index is -1.00. The van der Waals surface area contributed by atoms with Gasteiger partial charge < -0.3 is 35.3 Å². The maximum Gasteiger partial charge on any atom is 0.408 e. The average Bonchev–Trinajstić information content (AvgIpc) is 2.91. The molecule has 1 aromatic rings. The van der Waals surface area contributed by atoms with Crippen LogP contribution in [0.25, 0.3) is 10.4 Å². The monoisotopic (exact) mass is 536 g/mol. The van der Waals surface area contributed by atoms with Crippen molar-refractivity contribution in [1.29, 1.82) is 0 Å². The highest BCUT2D eigenvalue weighted by molar-refractivity contribution is 5.90. The second kappa shape index (κ2) is 21.4. The summed E-state index contributed by atoms with van der Waals surface area (Å²) in [6, 6.07) is 8.02. The van der Waals surface area contributed by atoms with E-state index in [2.05, 4.69) is 20.7 Å². The number of ketones is 1. The van der Waals surface area contributed by atoms with Gasteiger partial charge in [-0.05, 0) is 17.5 Å². The van der Waals surface area contributed by atoms with Crippen LogP contribution in [0.5, 0.6) is 0 Å². The normalized spacial score (nSPS) is 11.2. The van der Waals surface area contributed by atoms with Crippen molar-refractivity contribution in [2.24, 2.45) is 10.8 Å². The van der Waals surface area contributed by atoms with Crippen LogP contribution in [0.4, 0.5) is 4.79 Å². The number of amides is 3. The summed E-state index contributed by atoms with van der Waals surface area (Å²) in [5.74, 6) is -1.37. The van der Waals surface area contributed by atoms with Gasteiger partial charge in [-0.15, -0.1) is 0 Å². The summed E-state index contributed by atoms with van der Waals surface area (Å²) in [5, 5.41) is 8.44. The van der Waals surface area contributed by atoms with Gasteiger partial charge >= 0.3 is 6.09 Å². The molecule has 14 heteroatoms. The molecule has 0 heterocycles. The second-order valence-electron chi connectivity index (χ2n) is 7.87. The van der Waals surface area contributed by atoms with E-state index < -0.39 is 23.8 Å². The largest absolute Gasteiger partial charge is 0.445 e. The summed E-state index contributed by atoms with van der Waals surface area (Å²) in [7, 11) is 0. The predicted octanol–water partition coefficient (Wildman–Crippen LogP) is 1.37. The van der Waals surface area contributed by atoms with Crippen LogP contribution in [-0.2, 0) is 39.9 Å². The first kappa shape index (κ1) is 32.3. The SMILES string of the molecule is [N-]=[N+]=NCCOCCOCCOCCNC(=O)CCC(=O)[C@H](CCC(N)=O)NC(=O)OCc1ccccc1. The van der Waals surface area contributed by atoms with Crippen molar-refractivity contribution in [1.82, 2.24) is 10.6 Å². The number of hydrogen-bond donors (Lipinski definition) is 3. The number of hydrogen-bond acceptors (Lipinski definition) is 9. The Morgan fingerprint density at radius 1 is 0.921 bits per heavy atom. The van der Waals surface area contributed by atoms with Crippen LogP contribution in [0.3, 0.4) is 0 Å². The number of benzene rings is 1. The highest BCUT2D eigenvalue weighted by atomic mass is 16.6. The molecule has 1 aromatic carbocycles. The lowest BCUT2D eigenvalue weighted by Crippen LogP contribution is -2.42. The van der Waals surface area contributed by atoms with Crippen molar-refractivity contribution < 1.29 is 38.1 Å². The van der Waals surface area contributed by atoms with Crippen LogP contribution in [0.15, 0.2) is 35.4 Å². The lowest BCUT2D eigenvalue weighted by molar-refractivity contribution is -0.126. The number of primary amides is 1. The van der Waals surface area contributed by atoms with E-state index in [9.17, 15) is 19.2 Å². The number of carbonyl (C=O) groups is 4. The molecule has 210 valence electrons. The number of carbonyl (C=O) groups excluding carboxylic acids is 4. The molecule has 1 rings (SSSR count). The smallest absolute Gasteiger partial charge is 0.408 e. The molecule has 0 radical (unpaired) electrons. The van der Waals surface area contributed by atoms with Crippen LogP contribution in [0.2, 0.25) is 0 Å². The third-order valence-electron chi connectivity index (χ3n) is 4.88. The molecule has 38 heavy (non-hydrogen) atoms. The summed E-state index contributed by atoms with van der Waals surface area (Å²) in [5.41, 5.74) is 14.1. The molecular weight excluding hydrogens is 500 g/mol. The number of alkyl carbamates (subject to hydrolysis) is 1. The summed E-state index contributed by atoms with van der Waals surface area (Å²) in [6.45, 7) is 2.60. The molecule has 0 aliphatic carbocycles. The average molecular weight is 537 g/mol. The molecule has 3 amide bonds. The molecule has 0 unspecified atom stereocenters. The highest BCUT2D eigenvalue weighted by Crippen LogP contribution is 2.06. The molecule has 0 saturated carbocycles. The van der Waals surface area contributed by atoms with Gasteiger partial charge in [0.15, 0.2) is 5.78 Å². The first-order chi connectivity index (χ1) is 18.4. The summed E-state index contributed by atoms with van der Waals surface area (Å²) in [4.78, 5) is 50.5. The molecule has 0 bridgehead atoms. The number of nitrogens with two attached hydrogens (primary N) is 1. The molecule has 14 nitrogen and oxygen atoms in total. The van der Waals surface area contributed by atoms with E-state index in [0.717, 1.165) is 5.56 Å². The fourth-order valence-corrected chi connectivity index (χ4v) is 2.96. The van der Waals surface area contributed by atoms with Gasteiger partial charge in [-0.25, -0.2) is 4.79 Å². The third-order valence-corrected chi connectivity index (χ3v) is 4.88. The van der Waals surface area contributed by atoms with Crippen LogP contribution in [0.1, 0.15) is 31.2 Å². The van der Waals surface area contributed by atoms with Gasteiger partial charge in [0.2, 0.25) is 11.8 Å². The van der Waals surface area contributed by atoms with E-state index in [1.54, 1.807) is 24.3 Å². The fourth-order valence-electron chi connectivity index (χ4n) is 2.96. The van der Waals surface area contributed by atoms with E-state index in [4.69, 9.17) is 30.2 Å². The van der Waals surface area contributed by atoms with Gasteiger partial charge in [-0.1, -0.05) is 35.4 Å². The maximum absolute atomic E-state index is 12.6. The number of ether oxygens (including phenoxy) is 4. The Bertz CT molecular complexity index is 895. The van der Waals surface area contributed by atoms with Crippen molar-refractivity contribution >= 4 is 23.7 Å². The molecular formula is C24H36N6O8. The zero-order chi connectivity index (χ0) is 27.8. The molecule has 0 fully saturated rings. The molecule has 0 aliphatic rings. The lowest BCUT2D eigenvalue weighted by atomic mass is 10.0. The highest BCUT2D eigenvalue weighted by Gasteiger charge is 2.22. The number of azide groups is 1. The van der Waals surface area contributed by atoms with Gasteiger partial charge in [-0.3, -0.25) is 14.4 Å². The van der Waals surface area contributed by atoms with E-state index >= 15 is 0 Å². The third kappa shape index (κ3) is 17.7. The van der Waals surface area contributed by atoms with Crippen LogP contribution in [-0.4, -0.2) is 82.5 Å². The fraction of sp³-hybridized carbons (Fsp3) is 0.583. The number of Topliss-reactive ketones (excluding diaryl/α,β-unsaturated/α-hetero) is 1. The Labute approximate surface area is 221 Å². The van der Waals surface area contributed by atoms with Crippen molar-refractivity contribution in [2.75, 3.05) is 52.7 Å². The first-order valence-corrected chi connectivity index (χ1v) is 12.2. The second-order valence-corrected chi connectivity index (χ2v) is 7.87. The van der Waals surface area contributed by atoms with Gasteiger partial charge in [0, 0.05) is 37.3 Å². The minimum absolute atomic E-state index is 0.00794. The summed E-state index contributed by atoms with van der Waals surface area (Å²) < 4.78 is 21.0. The Kier molecular flexibility index (Phi) is 18.2.